The first-order valence-electron chi connectivity index (χ1n) is 9.86. The first kappa shape index (κ1) is 24.4. The van der Waals surface area contributed by atoms with Crippen LogP contribution in [0.3, 0.4) is 0 Å². The summed E-state index contributed by atoms with van der Waals surface area (Å²) in [5.74, 6) is -5.62. The molecule has 0 saturated carbocycles. The van der Waals surface area contributed by atoms with Crippen molar-refractivity contribution in [1.82, 2.24) is 5.32 Å². The number of alkyl carbamates (subject to hydrolysis) is 1. The van der Waals surface area contributed by atoms with Crippen LogP contribution in [0.4, 0.5) is 13.6 Å². The zero-order valence-corrected chi connectivity index (χ0v) is 17.7. The maximum absolute atomic E-state index is 14.4. The molecule has 0 spiro atoms. The molecule has 2 aromatic carbocycles. The van der Waals surface area contributed by atoms with Crippen molar-refractivity contribution in [2.45, 2.75) is 50.4 Å². The molecule has 0 heterocycles. The molecule has 1 amide bonds. The van der Waals surface area contributed by atoms with Gasteiger partial charge in [-0.2, -0.15) is 0 Å². The van der Waals surface area contributed by atoms with Gasteiger partial charge in [0.2, 0.25) is 0 Å². The van der Waals surface area contributed by atoms with Gasteiger partial charge < -0.3 is 20.9 Å². The molecule has 0 saturated heterocycles. The largest absolute Gasteiger partial charge is 0.444 e. The van der Waals surface area contributed by atoms with Gasteiger partial charge in [0.05, 0.1) is 18.5 Å². The Kier molecular flexibility index (Phi) is 7.86. The number of benzene rings is 2. The van der Waals surface area contributed by atoms with Gasteiger partial charge in [-0.1, -0.05) is 60.7 Å². The first-order valence-corrected chi connectivity index (χ1v) is 9.86. The Balaban J connectivity index is 2.56. The van der Waals surface area contributed by atoms with Crippen molar-refractivity contribution in [3.05, 3.63) is 71.8 Å². The van der Waals surface area contributed by atoms with E-state index in [1.54, 1.807) is 69.3 Å². The molecule has 0 fully saturated rings. The van der Waals surface area contributed by atoms with Gasteiger partial charge >= 0.3 is 6.09 Å². The molecule has 168 valence electrons. The van der Waals surface area contributed by atoms with Crippen LogP contribution in [-0.4, -0.2) is 47.2 Å². The molecule has 3 unspecified atom stereocenters. The molecular weight excluding hydrogens is 406 g/mol. The molecule has 0 aromatic heterocycles. The number of carbonyl (C=O) groups is 2. The Morgan fingerprint density at radius 2 is 1.55 bits per heavy atom. The number of amides is 1. The van der Waals surface area contributed by atoms with E-state index in [-0.39, 0.29) is 5.56 Å². The number of hydrogen-bond acceptors (Lipinski definition) is 5. The van der Waals surface area contributed by atoms with Gasteiger partial charge in [0, 0.05) is 5.56 Å². The number of aliphatic hydroxyl groups is 1. The predicted molar refractivity (Wildman–Crippen MR) is 113 cm³/mol. The molecule has 0 radical (unpaired) electrons. The summed E-state index contributed by atoms with van der Waals surface area (Å²) in [5, 5.41) is 12.9. The molecule has 3 atom stereocenters. The van der Waals surface area contributed by atoms with E-state index in [1.807, 2.05) is 0 Å². The summed E-state index contributed by atoms with van der Waals surface area (Å²) in [7, 11) is 0. The minimum Gasteiger partial charge on any atom is -0.444 e. The average molecular weight is 434 g/mol. The average Bonchev–Trinajstić information content (AvgIpc) is 2.72. The van der Waals surface area contributed by atoms with Crippen LogP contribution in [0, 0.1) is 0 Å². The standard InChI is InChI=1S/C23H28F2N2O4/c1-22(2,3)31-21(30)27-18(20(29)23(24,25)14-26)17(15-10-6-4-7-11-15)19(28)16-12-8-5-9-13-16/h4-13,17-18,20,29H,14,26H2,1-3H3,(H,27,30). The summed E-state index contributed by atoms with van der Waals surface area (Å²) in [6.45, 7) is 3.66. The highest BCUT2D eigenvalue weighted by Crippen LogP contribution is 2.32. The van der Waals surface area contributed by atoms with E-state index in [4.69, 9.17) is 10.5 Å². The molecule has 6 nitrogen and oxygen atoms in total. The molecule has 2 rings (SSSR count). The third-order valence-electron chi connectivity index (χ3n) is 4.59. The number of Topliss-reactive ketones (excluding diaryl/α,β-unsaturated/α-hetero) is 1. The molecule has 0 bridgehead atoms. The fraction of sp³-hybridized carbons (Fsp3) is 0.391. The SMILES string of the molecule is CC(C)(C)OC(=O)NC(C(C(=O)c1ccccc1)c1ccccc1)C(O)C(F)(F)CN. The molecule has 4 N–H and O–H groups in total. The minimum absolute atomic E-state index is 0.246. The molecule has 8 heteroatoms. The van der Waals surface area contributed by atoms with Crippen LogP contribution in [0.2, 0.25) is 0 Å². The summed E-state index contributed by atoms with van der Waals surface area (Å²) in [6.07, 6.45) is -3.48. The fourth-order valence-corrected chi connectivity index (χ4v) is 3.14. The second-order valence-electron chi connectivity index (χ2n) is 8.20. The number of aliphatic hydroxyl groups excluding tert-OH is 1. The van der Waals surface area contributed by atoms with Crippen molar-refractivity contribution in [2.75, 3.05) is 6.54 Å². The van der Waals surface area contributed by atoms with E-state index in [0.717, 1.165) is 0 Å². The number of ether oxygens (including phenoxy) is 1. The Hall–Kier alpha value is -2.84. The molecule has 31 heavy (non-hydrogen) atoms. The second kappa shape index (κ2) is 9.98. The van der Waals surface area contributed by atoms with Crippen LogP contribution >= 0.6 is 0 Å². The fourth-order valence-electron chi connectivity index (χ4n) is 3.14. The molecule has 0 aliphatic heterocycles. The van der Waals surface area contributed by atoms with Crippen LogP contribution in [0.1, 0.15) is 42.6 Å². The predicted octanol–water partition coefficient (Wildman–Crippen LogP) is 3.50. The van der Waals surface area contributed by atoms with Crippen molar-refractivity contribution >= 4 is 11.9 Å². The third kappa shape index (κ3) is 6.57. The summed E-state index contributed by atoms with van der Waals surface area (Å²) in [4.78, 5) is 25.8. The minimum atomic E-state index is -3.76. The van der Waals surface area contributed by atoms with Crippen molar-refractivity contribution in [2.24, 2.45) is 5.73 Å². The summed E-state index contributed by atoms with van der Waals surface area (Å²) < 4.78 is 34.1. The zero-order valence-electron chi connectivity index (χ0n) is 17.7. The van der Waals surface area contributed by atoms with Gasteiger partial charge in [0.15, 0.2) is 5.78 Å². The number of nitrogens with one attached hydrogen (secondary N) is 1. The van der Waals surface area contributed by atoms with Crippen LogP contribution in [0.25, 0.3) is 0 Å². The van der Waals surface area contributed by atoms with E-state index in [1.165, 1.54) is 12.1 Å². The smallest absolute Gasteiger partial charge is 0.407 e. The van der Waals surface area contributed by atoms with E-state index in [2.05, 4.69) is 5.32 Å². The van der Waals surface area contributed by atoms with Crippen LogP contribution in [-0.2, 0) is 4.74 Å². The number of nitrogens with two attached hydrogens (primary N) is 1. The third-order valence-corrected chi connectivity index (χ3v) is 4.59. The van der Waals surface area contributed by atoms with Gasteiger partial charge in [-0.3, -0.25) is 4.79 Å². The molecular formula is C23H28F2N2O4. The summed E-state index contributed by atoms with van der Waals surface area (Å²) in [5.41, 5.74) is 4.85. The molecule has 0 aliphatic carbocycles. The second-order valence-corrected chi connectivity index (χ2v) is 8.20. The number of ketones is 1. The number of hydrogen-bond donors (Lipinski definition) is 3. The lowest BCUT2D eigenvalue weighted by Crippen LogP contribution is -2.58. The van der Waals surface area contributed by atoms with Gasteiger partial charge in [0.1, 0.15) is 11.7 Å². The molecule has 2 aromatic rings. The maximum Gasteiger partial charge on any atom is 0.407 e. The summed E-state index contributed by atoms with van der Waals surface area (Å²) in [6, 6.07) is 14.5. The maximum atomic E-state index is 14.4. The van der Waals surface area contributed by atoms with Crippen LogP contribution < -0.4 is 11.1 Å². The van der Waals surface area contributed by atoms with E-state index < -0.39 is 48.0 Å². The number of rotatable bonds is 8. The van der Waals surface area contributed by atoms with Crippen molar-refractivity contribution < 1.29 is 28.2 Å². The van der Waals surface area contributed by atoms with Gasteiger partial charge in [-0.05, 0) is 26.3 Å². The van der Waals surface area contributed by atoms with Gasteiger partial charge in [-0.15, -0.1) is 0 Å². The topological polar surface area (TPSA) is 102 Å². The van der Waals surface area contributed by atoms with E-state index in [0.29, 0.717) is 5.56 Å². The Labute approximate surface area is 180 Å². The molecule has 0 aliphatic rings. The van der Waals surface area contributed by atoms with Crippen LogP contribution in [0.15, 0.2) is 60.7 Å². The Morgan fingerprint density at radius 3 is 2.03 bits per heavy atom. The Bertz CT molecular complexity index is 870. The van der Waals surface area contributed by atoms with Gasteiger partial charge in [-0.25, -0.2) is 13.6 Å². The van der Waals surface area contributed by atoms with Crippen molar-refractivity contribution in [3.63, 3.8) is 0 Å². The van der Waals surface area contributed by atoms with Crippen molar-refractivity contribution in [1.29, 1.82) is 0 Å². The quantitative estimate of drug-likeness (QED) is 0.552. The van der Waals surface area contributed by atoms with E-state index >= 15 is 0 Å². The van der Waals surface area contributed by atoms with Crippen LogP contribution in [0.5, 0.6) is 0 Å². The highest BCUT2D eigenvalue weighted by atomic mass is 19.3. The normalized spacial score (nSPS) is 14.9. The monoisotopic (exact) mass is 434 g/mol. The van der Waals surface area contributed by atoms with Gasteiger partial charge in [0.25, 0.3) is 5.92 Å². The van der Waals surface area contributed by atoms with Crippen molar-refractivity contribution in [3.8, 4) is 0 Å². The number of halogens is 2. The lowest BCUT2D eigenvalue weighted by atomic mass is 9.81. The Morgan fingerprint density at radius 1 is 1.03 bits per heavy atom. The number of alkyl halides is 2. The van der Waals surface area contributed by atoms with E-state index in [9.17, 15) is 23.5 Å². The highest BCUT2D eigenvalue weighted by molar-refractivity contribution is 6.01. The zero-order chi connectivity index (χ0) is 23.2. The lowest BCUT2D eigenvalue weighted by Gasteiger charge is -2.35. The number of carbonyl (C=O) groups excluding carboxylic acids is 2. The first-order chi connectivity index (χ1) is 14.5. The summed E-state index contributed by atoms with van der Waals surface area (Å²) >= 11 is 0. The highest BCUT2D eigenvalue weighted by Gasteiger charge is 2.48. The lowest BCUT2D eigenvalue weighted by molar-refractivity contribution is -0.115.